The molecule has 1 aromatic carbocycles. The number of halogens is 3. The van der Waals surface area contributed by atoms with Crippen molar-refractivity contribution < 1.29 is 27.5 Å². The van der Waals surface area contributed by atoms with Gasteiger partial charge in [-0.05, 0) is 49.9 Å². The van der Waals surface area contributed by atoms with Crippen LogP contribution >= 0.6 is 0 Å². The zero-order chi connectivity index (χ0) is 17.7. The van der Waals surface area contributed by atoms with Gasteiger partial charge in [-0.25, -0.2) is 0 Å². The number of carbonyl (C=O) groups is 2. The zero-order valence-electron chi connectivity index (χ0n) is 13.1. The molecule has 1 aromatic rings. The zero-order valence-corrected chi connectivity index (χ0v) is 13.1. The maximum Gasteiger partial charge on any atom is 0.416 e. The molecule has 0 heterocycles. The maximum atomic E-state index is 12.5. The SMILES string of the molecule is C[C@@H](OC(=O)C[C@H]1C=CCC1)C(=O)Nc1ccc(C(F)(F)F)cc1. The van der Waals surface area contributed by atoms with Gasteiger partial charge in [0, 0.05) is 5.69 Å². The normalized spacial score (nSPS) is 18.2. The minimum atomic E-state index is -4.43. The molecule has 2 rings (SSSR count). The Morgan fingerprint density at radius 3 is 2.50 bits per heavy atom. The molecule has 1 aliphatic carbocycles. The lowest BCUT2D eigenvalue weighted by Crippen LogP contribution is -2.30. The average Bonchev–Trinajstić information content (AvgIpc) is 2.99. The second kappa shape index (κ2) is 7.51. The predicted octanol–water partition coefficient (Wildman–Crippen LogP) is 3.93. The topological polar surface area (TPSA) is 55.4 Å². The number of rotatable bonds is 5. The fourth-order valence-corrected chi connectivity index (χ4v) is 2.36. The first-order valence-corrected chi connectivity index (χ1v) is 7.60. The van der Waals surface area contributed by atoms with Crippen molar-refractivity contribution in [3.05, 3.63) is 42.0 Å². The highest BCUT2D eigenvalue weighted by atomic mass is 19.4. The van der Waals surface area contributed by atoms with Crippen LogP contribution in [0.3, 0.4) is 0 Å². The van der Waals surface area contributed by atoms with Crippen molar-refractivity contribution in [1.82, 2.24) is 0 Å². The summed E-state index contributed by atoms with van der Waals surface area (Å²) in [6.07, 6.45) is 0.537. The molecule has 0 aliphatic heterocycles. The third-order valence-electron chi connectivity index (χ3n) is 3.70. The number of amides is 1. The molecule has 0 saturated carbocycles. The predicted molar refractivity (Wildman–Crippen MR) is 82.1 cm³/mol. The van der Waals surface area contributed by atoms with Gasteiger partial charge in [-0.3, -0.25) is 9.59 Å². The quantitative estimate of drug-likeness (QED) is 0.652. The number of allylic oxidation sites excluding steroid dienone is 2. The highest BCUT2D eigenvalue weighted by molar-refractivity contribution is 5.95. The Balaban J connectivity index is 1.84. The van der Waals surface area contributed by atoms with Crippen LogP contribution in [0.2, 0.25) is 0 Å². The summed E-state index contributed by atoms with van der Waals surface area (Å²) in [7, 11) is 0. The van der Waals surface area contributed by atoms with Gasteiger partial charge in [0.15, 0.2) is 6.10 Å². The molecule has 4 nitrogen and oxygen atoms in total. The van der Waals surface area contributed by atoms with Gasteiger partial charge in [-0.15, -0.1) is 0 Å². The number of nitrogens with one attached hydrogen (secondary N) is 1. The molecule has 0 saturated heterocycles. The van der Waals surface area contributed by atoms with E-state index in [0.717, 1.165) is 37.1 Å². The lowest BCUT2D eigenvalue weighted by molar-refractivity contribution is -0.153. The number of hydrogen-bond donors (Lipinski definition) is 1. The molecular formula is C17H18F3NO3. The average molecular weight is 341 g/mol. The maximum absolute atomic E-state index is 12.5. The fourth-order valence-electron chi connectivity index (χ4n) is 2.36. The molecule has 1 aliphatic rings. The summed E-state index contributed by atoms with van der Waals surface area (Å²) >= 11 is 0. The summed E-state index contributed by atoms with van der Waals surface area (Å²) in [6, 6.07) is 4.05. The lowest BCUT2D eigenvalue weighted by Gasteiger charge is -2.15. The van der Waals surface area contributed by atoms with Crippen molar-refractivity contribution in [2.24, 2.45) is 5.92 Å². The lowest BCUT2D eigenvalue weighted by atomic mass is 10.1. The van der Waals surface area contributed by atoms with E-state index < -0.39 is 29.7 Å². The second-order valence-corrected chi connectivity index (χ2v) is 5.67. The van der Waals surface area contributed by atoms with Crippen LogP contribution in [0.5, 0.6) is 0 Å². The number of ether oxygens (including phenoxy) is 1. The van der Waals surface area contributed by atoms with Crippen molar-refractivity contribution in [1.29, 1.82) is 0 Å². The van der Waals surface area contributed by atoms with Crippen molar-refractivity contribution in [3.8, 4) is 0 Å². The molecule has 7 heteroatoms. The third-order valence-corrected chi connectivity index (χ3v) is 3.70. The van der Waals surface area contributed by atoms with Gasteiger partial charge in [0.25, 0.3) is 5.91 Å². The minimum absolute atomic E-state index is 0.141. The smallest absolute Gasteiger partial charge is 0.416 e. The van der Waals surface area contributed by atoms with Gasteiger partial charge in [-0.2, -0.15) is 13.2 Å². The summed E-state index contributed by atoms with van der Waals surface area (Å²) in [5.74, 6) is -0.922. The molecule has 0 radical (unpaired) electrons. The highest BCUT2D eigenvalue weighted by Crippen LogP contribution is 2.29. The molecule has 2 atom stereocenters. The van der Waals surface area contributed by atoms with Crippen LogP contribution in [-0.4, -0.2) is 18.0 Å². The molecule has 0 bridgehead atoms. The van der Waals surface area contributed by atoms with Gasteiger partial charge in [0.05, 0.1) is 12.0 Å². The number of hydrogen-bond acceptors (Lipinski definition) is 3. The van der Waals surface area contributed by atoms with E-state index in [9.17, 15) is 22.8 Å². The van der Waals surface area contributed by atoms with Crippen LogP contribution in [-0.2, 0) is 20.5 Å². The summed E-state index contributed by atoms with van der Waals surface area (Å²) in [4.78, 5) is 23.7. The summed E-state index contributed by atoms with van der Waals surface area (Å²) in [6.45, 7) is 1.42. The Morgan fingerprint density at radius 2 is 1.96 bits per heavy atom. The molecular weight excluding hydrogens is 323 g/mol. The van der Waals surface area contributed by atoms with E-state index in [1.54, 1.807) is 0 Å². The molecule has 0 aromatic heterocycles. The van der Waals surface area contributed by atoms with Gasteiger partial charge >= 0.3 is 12.1 Å². The van der Waals surface area contributed by atoms with Crippen LogP contribution in [0.25, 0.3) is 0 Å². The number of anilines is 1. The van der Waals surface area contributed by atoms with E-state index in [1.165, 1.54) is 6.92 Å². The van der Waals surface area contributed by atoms with Crippen LogP contribution in [0.4, 0.5) is 18.9 Å². The highest BCUT2D eigenvalue weighted by Gasteiger charge is 2.30. The molecule has 24 heavy (non-hydrogen) atoms. The van der Waals surface area contributed by atoms with Gasteiger partial charge in [0.2, 0.25) is 0 Å². The molecule has 0 unspecified atom stereocenters. The monoisotopic (exact) mass is 341 g/mol. The van der Waals surface area contributed by atoms with E-state index in [2.05, 4.69) is 5.32 Å². The van der Waals surface area contributed by atoms with E-state index >= 15 is 0 Å². The van der Waals surface area contributed by atoms with E-state index in [-0.39, 0.29) is 18.0 Å². The molecule has 1 amide bonds. The van der Waals surface area contributed by atoms with Crippen LogP contribution in [0, 0.1) is 5.92 Å². The minimum Gasteiger partial charge on any atom is -0.453 e. The van der Waals surface area contributed by atoms with Gasteiger partial charge in [0.1, 0.15) is 0 Å². The first-order chi connectivity index (χ1) is 11.3. The van der Waals surface area contributed by atoms with E-state index in [4.69, 9.17) is 4.74 Å². The molecule has 1 N–H and O–H groups in total. The number of benzene rings is 1. The van der Waals surface area contributed by atoms with Crippen LogP contribution < -0.4 is 5.32 Å². The Morgan fingerprint density at radius 1 is 1.29 bits per heavy atom. The largest absolute Gasteiger partial charge is 0.453 e. The number of carbonyl (C=O) groups excluding carboxylic acids is 2. The van der Waals surface area contributed by atoms with Gasteiger partial charge < -0.3 is 10.1 Å². The van der Waals surface area contributed by atoms with Crippen molar-refractivity contribution in [2.75, 3.05) is 5.32 Å². The van der Waals surface area contributed by atoms with Crippen molar-refractivity contribution in [3.63, 3.8) is 0 Å². The Labute approximate surface area is 137 Å². The van der Waals surface area contributed by atoms with Gasteiger partial charge in [-0.1, -0.05) is 12.2 Å². The van der Waals surface area contributed by atoms with Crippen LogP contribution in [0.1, 0.15) is 31.7 Å². The first-order valence-electron chi connectivity index (χ1n) is 7.60. The van der Waals surface area contributed by atoms with Crippen molar-refractivity contribution >= 4 is 17.6 Å². The van der Waals surface area contributed by atoms with E-state index in [0.29, 0.717) is 0 Å². The summed E-state index contributed by atoms with van der Waals surface area (Å²) in [5, 5.41) is 2.42. The standard InChI is InChI=1S/C17H18F3NO3/c1-11(24-15(22)10-12-4-2-3-5-12)16(23)21-14-8-6-13(7-9-14)17(18,19)20/h2,4,6-9,11-12H,3,5,10H2,1H3,(H,21,23)/t11-,12+/m1/s1. The third kappa shape index (κ3) is 5.11. The first kappa shape index (κ1) is 18.0. The molecule has 130 valence electrons. The molecule has 0 fully saturated rings. The number of alkyl halides is 3. The van der Waals surface area contributed by atoms with Crippen molar-refractivity contribution in [2.45, 2.75) is 38.5 Å². The Hall–Kier alpha value is -2.31. The summed E-state index contributed by atoms with van der Waals surface area (Å²) < 4.78 is 42.5. The number of esters is 1. The summed E-state index contributed by atoms with van der Waals surface area (Å²) in [5.41, 5.74) is -0.598. The van der Waals surface area contributed by atoms with Crippen LogP contribution in [0.15, 0.2) is 36.4 Å². The Kier molecular flexibility index (Phi) is 5.64. The fraction of sp³-hybridized carbons (Fsp3) is 0.412. The second-order valence-electron chi connectivity index (χ2n) is 5.67. The molecule has 0 spiro atoms. The van der Waals surface area contributed by atoms with E-state index in [1.807, 2.05) is 12.2 Å². The Bertz CT molecular complexity index is 623.